The fourth-order valence-electron chi connectivity index (χ4n) is 5.90. The van der Waals surface area contributed by atoms with Crippen molar-refractivity contribution in [2.75, 3.05) is 63.4 Å². The minimum Gasteiger partial charge on any atom is -0.490 e. The van der Waals surface area contributed by atoms with Crippen molar-refractivity contribution in [3.63, 3.8) is 0 Å². The van der Waals surface area contributed by atoms with Crippen LogP contribution in [0.4, 0.5) is 17.1 Å². The van der Waals surface area contributed by atoms with Crippen LogP contribution in [-0.2, 0) is 11.3 Å². The predicted octanol–water partition coefficient (Wildman–Crippen LogP) is 5.51. The number of fused-ring (bicyclic) bond motifs is 1. The number of hydrogen-bond acceptors (Lipinski definition) is 8. The van der Waals surface area contributed by atoms with Gasteiger partial charge in [0.2, 0.25) is 0 Å². The molecule has 0 saturated heterocycles. The third-order valence-electron chi connectivity index (χ3n) is 8.92. The number of amides is 2. The number of anilines is 3. The summed E-state index contributed by atoms with van der Waals surface area (Å²) in [5.41, 5.74) is 10.1. The summed E-state index contributed by atoms with van der Waals surface area (Å²) in [6.45, 7) is 8.18. The molecule has 4 N–H and O–H groups in total. The molecule has 0 saturated carbocycles. The first kappa shape index (κ1) is 36.7. The van der Waals surface area contributed by atoms with E-state index in [2.05, 4.69) is 24.2 Å². The predicted molar refractivity (Wildman–Crippen MR) is 193 cm³/mol. The van der Waals surface area contributed by atoms with E-state index in [0.29, 0.717) is 54.5 Å². The van der Waals surface area contributed by atoms with E-state index in [1.807, 2.05) is 87.4 Å². The van der Waals surface area contributed by atoms with Gasteiger partial charge in [0.1, 0.15) is 5.75 Å². The zero-order valence-electron chi connectivity index (χ0n) is 29.3. The molecule has 260 valence electrons. The van der Waals surface area contributed by atoms with Gasteiger partial charge in [0.15, 0.2) is 0 Å². The van der Waals surface area contributed by atoms with E-state index in [4.69, 9.17) is 15.2 Å². The van der Waals surface area contributed by atoms with E-state index in [-0.39, 0.29) is 36.5 Å². The first-order valence-electron chi connectivity index (χ1n) is 16.9. The maximum Gasteiger partial charge on any atom is 0.258 e. The third-order valence-corrected chi connectivity index (χ3v) is 8.92. The SMILES string of the molecule is C[C@@H]1CCCCO[C@H](CN(C)Cc2ccc(C(=O)Nc3ccccc3N)cc2)[C@@H](C)CN([C@H](C)CO)C(=O)c2cc(N(C)C)ccc2O1. The topological polar surface area (TPSA) is 121 Å². The van der Waals surface area contributed by atoms with Crippen molar-refractivity contribution in [3.05, 3.63) is 83.4 Å². The van der Waals surface area contributed by atoms with Gasteiger partial charge < -0.3 is 35.4 Å². The number of benzene rings is 3. The summed E-state index contributed by atoms with van der Waals surface area (Å²) in [4.78, 5) is 33.0. The molecule has 0 radical (unpaired) electrons. The van der Waals surface area contributed by atoms with Crippen molar-refractivity contribution < 1.29 is 24.2 Å². The van der Waals surface area contributed by atoms with E-state index in [1.165, 1.54) is 0 Å². The van der Waals surface area contributed by atoms with Crippen molar-refractivity contribution in [2.24, 2.45) is 5.92 Å². The van der Waals surface area contributed by atoms with Gasteiger partial charge in [-0.25, -0.2) is 0 Å². The Kier molecular flexibility index (Phi) is 13.3. The molecule has 0 bridgehead atoms. The standard InChI is InChI=1S/C38H53N5O5/c1-26-22-43(27(2)25-44)38(46)32-21-31(41(4)5)18-19-35(32)48-28(3)11-9-10-20-47-36(26)24-42(6)23-29-14-16-30(17-15-29)37(45)40-34-13-8-7-12-33(34)39/h7-8,12-19,21,26-28,36,44H,9-11,20,22-25,39H2,1-6H3,(H,40,45)/t26-,27+,28+,36+/m0/s1. The van der Waals surface area contributed by atoms with E-state index >= 15 is 0 Å². The molecule has 1 aliphatic heterocycles. The molecule has 4 rings (SSSR count). The summed E-state index contributed by atoms with van der Waals surface area (Å²) >= 11 is 0. The highest BCUT2D eigenvalue weighted by molar-refractivity contribution is 6.05. The fourth-order valence-corrected chi connectivity index (χ4v) is 5.90. The van der Waals surface area contributed by atoms with Crippen LogP contribution in [-0.4, -0.2) is 92.4 Å². The van der Waals surface area contributed by atoms with Crippen LogP contribution >= 0.6 is 0 Å². The molecule has 10 nitrogen and oxygen atoms in total. The molecule has 0 fully saturated rings. The number of carbonyl (C=O) groups excluding carboxylic acids is 2. The first-order valence-corrected chi connectivity index (χ1v) is 16.9. The normalized spacial score (nSPS) is 20.0. The number of hydrogen-bond donors (Lipinski definition) is 3. The molecule has 3 aromatic carbocycles. The average Bonchev–Trinajstić information content (AvgIpc) is 3.06. The number of aliphatic hydroxyl groups excluding tert-OH is 1. The van der Waals surface area contributed by atoms with Crippen molar-refractivity contribution >= 4 is 28.9 Å². The molecule has 0 unspecified atom stereocenters. The maximum absolute atomic E-state index is 14.2. The number of para-hydroxylation sites is 2. The number of likely N-dealkylation sites (N-methyl/N-ethyl adjacent to an activating group) is 1. The molecule has 0 aliphatic carbocycles. The summed E-state index contributed by atoms with van der Waals surface area (Å²) in [5, 5.41) is 13.1. The minimum absolute atomic E-state index is 0.0230. The number of nitrogen functional groups attached to an aromatic ring is 1. The van der Waals surface area contributed by atoms with Crippen LogP contribution in [0.3, 0.4) is 0 Å². The molecule has 1 heterocycles. The Bertz CT molecular complexity index is 1500. The zero-order chi connectivity index (χ0) is 34.8. The van der Waals surface area contributed by atoms with Gasteiger partial charge >= 0.3 is 0 Å². The Hall–Kier alpha value is -4.12. The van der Waals surface area contributed by atoms with Crippen LogP contribution in [0.5, 0.6) is 5.75 Å². The molecule has 10 heteroatoms. The smallest absolute Gasteiger partial charge is 0.258 e. The van der Waals surface area contributed by atoms with Crippen molar-refractivity contribution in [3.8, 4) is 5.75 Å². The Morgan fingerprint density at radius 1 is 1.06 bits per heavy atom. The second-order valence-corrected chi connectivity index (χ2v) is 13.3. The third kappa shape index (κ3) is 9.95. The van der Waals surface area contributed by atoms with Gasteiger partial charge in [0.05, 0.1) is 41.8 Å². The zero-order valence-corrected chi connectivity index (χ0v) is 29.3. The maximum atomic E-state index is 14.2. The van der Waals surface area contributed by atoms with Gasteiger partial charge in [0.25, 0.3) is 11.8 Å². The number of ether oxygens (including phenoxy) is 2. The van der Waals surface area contributed by atoms with E-state index in [1.54, 1.807) is 17.0 Å². The summed E-state index contributed by atoms with van der Waals surface area (Å²) in [6, 6.07) is 20.1. The first-order chi connectivity index (χ1) is 23.0. The Morgan fingerprint density at radius 2 is 1.79 bits per heavy atom. The monoisotopic (exact) mass is 659 g/mol. The van der Waals surface area contributed by atoms with Gasteiger partial charge in [-0.15, -0.1) is 0 Å². The number of nitrogens with zero attached hydrogens (tertiary/aromatic N) is 3. The lowest BCUT2D eigenvalue weighted by molar-refractivity contribution is -0.0177. The molecule has 3 aromatic rings. The highest BCUT2D eigenvalue weighted by Crippen LogP contribution is 2.29. The number of nitrogens with two attached hydrogens (primary N) is 1. The lowest BCUT2D eigenvalue weighted by Gasteiger charge is -2.36. The van der Waals surface area contributed by atoms with Crippen LogP contribution in [0.25, 0.3) is 0 Å². The molecule has 0 spiro atoms. The summed E-state index contributed by atoms with van der Waals surface area (Å²) in [5.74, 6) is 0.161. The highest BCUT2D eigenvalue weighted by atomic mass is 16.5. The average molecular weight is 660 g/mol. The summed E-state index contributed by atoms with van der Waals surface area (Å²) < 4.78 is 12.8. The lowest BCUT2D eigenvalue weighted by Crippen LogP contribution is -2.47. The van der Waals surface area contributed by atoms with Crippen molar-refractivity contribution in [1.82, 2.24) is 9.80 Å². The molecule has 2 amide bonds. The van der Waals surface area contributed by atoms with Crippen LogP contribution in [0.15, 0.2) is 66.7 Å². The highest BCUT2D eigenvalue weighted by Gasteiger charge is 2.30. The molecule has 0 aromatic heterocycles. The molecule has 48 heavy (non-hydrogen) atoms. The fraction of sp³-hybridized carbons (Fsp3) is 0.474. The second kappa shape index (κ2) is 17.3. The van der Waals surface area contributed by atoms with Gasteiger partial charge in [-0.05, 0) is 88.2 Å². The van der Waals surface area contributed by atoms with Crippen LogP contribution in [0, 0.1) is 5.92 Å². The molecular formula is C38H53N5O5. The van der Waals surface area contributed by atoms with Crippen molar-refractivity contribution in [2.45, 2.75) is 64.8 Å². The summed E-state index contributed by atoms with van der Waals surface area (Å²) in [7, 11) is 5.94. The number of aliphatic hydroxyl groups is 1. The number of rotatable bonds is 9. The van der Waals surface area contributed by atoms with Gasteiger partial charge in [-0.1, -0.05) is 31.2 Å². The van der Waals surface area contributed by atoms with Gasteiger partial charge in [-0.3, -0.25) is 14.5 Å². The Labute approximate surface area is 285 Å². The lowest BCUT2D eigenvalue weighted by atomic mass is 10.0. The van der Waals surface area contributed by atoms with Crippen molar-refractivity contribution in [1.29, 1.82) is 0 Å². The van der Waals surface area contributed by atoms with E-state index in [9.17, 15) is 14.7 Å². The number of nitrogens with one attached hydrogen (secondary N) is 1. The molecular weight excluding hydrogens is 606 g/mol. The van der Waals surface area contributed by atoms with Crippen LogP contribution in [0.2, 0.25) is 0 Å². The van der Waals surface area contributed by atoms with Gasteiger partial charge in [-0.2, -0.15) is 0 Å². The Balaban J connectivity index is 1.49. The van der Waals surface area contributed by atoms with Gasteiger partial charge in [0, 0.05) is 57.5 Å². The number of carbonyl (C=O) groups is 2. The minimum atomic E-state index is -0.395. The van der Waals surface area contributed by atoms with Crippen LogP contribution in [0.1, 0.15) is 66.3 Å². The molecule has 4 atom stereocenters. The largest absolute Gasteiger partial charge is 0.490 e. The van der Waals surface area contributed by atoms with Crippen LogP contribution < -0.4 is 20.7 Å². The second-order valence-electron chi connectivity index (χ2n) is 13.3. The molecule has 1 aliphatic rings. The van der Waals surface area contributed by atoms with E-state index < -0.39 is 6.04 Å². The Morgan fingerprint density at radius 3 is 2.48 bits per heavy atom. The van der Waals surface area contributed by atoms with E-state index in [0.717, 1.165) is 30.5 Å². The quantitative estimate of drug-likeness (QED) is 0.257. The summed E-state index contributed by atoms with van der Waals surface area (Å²) in [6.07, 6.45) is 2.48.